The van der Waals surface area contributed by atoms with E-state index in [1.165, 1.54) is 0 Å². The Balaban J connectivity index is 2.05. The Bertz CT molecular complexity index is 555. The summed E-state index contributed by atoms with van der Waals surface area (Å²) >= 11 is 0. The lowest BCUT2D eigenvalue weighted by molar-refractivity contribution is 0.305. The topological polar surface area (TPSA) is 92.1 Å². The molecule has 6 nitrogen and oxygen atoms in total. The van der Waals surface area contributed by atoms with Gasteiger partial charge in [0, 0.05) is 11.5 Å². The maximum atomic E-state index is 11.8. The molecule has 0 amide bonds. The molecule has 0 saturated carbocycles. The first-order chi connectivity index (χ1) is 10.6. The van der Waals surface area contributed by atoms with E-state index >= 15 is 0 Å². The van der Waals surface area contributed by atoms with Crippen LogP contribution < -0.4 is 0 Å². The number of hydrogen-bond donors (Lipinski definition) is 0. The van der Waals surface area contributed by atoms with Gasteiger partial charge in [-0.05, 0) is 23.9 Å². The fraction of sp³-hybridized carbons (Fsp3) is 0.600. The highest BCUT2D eigenvalue weighted by molar-refractivity contribution is 7.85. The molecule has 0 aliphatic carbocycles. The van der Waals surface area contributed by atoms with Gasteiger partial charge in [0.1, 0.15) is 5.75 Å². The molecule has 0 aliphatic heterocycles. The fourth-order valence-electron chi connectivity index (χ4n) is 2.04. The molecule has 0 spiro atoms. The third-order valence-electron chi connectivity index (χ3n) is 3.16. The van der Waals surface area contributed by atoms with Gasteiger partial charge in [-0.25, -0.2) is 0 Å². The first-order valence-electron chi connectivity index (χ1n) is 7.56. The Kier molecular flexibility index (Phi) is 9.30. The van der Waals surface area contributed by atoms with Crippen molar-refractivity contribution in [2.24, 2.45) is 5.11 Å². The zero-order chi connectivity index (χ0) is 16.1. The lowest BCUT2D eigenvalue weighted by Crippen LogP contribution is -2.09. The standard InChI is InChI=1S/C15H23N3O3S/c16-18-17-12-8-3-1-2-4-9-13-21-22(19,20)14-15-10-6-5-7-11-15/h5-7,10-11H,1-4,8-9,12-14H2. The van der Waals surface area contributed by atoms with Crippen LogP contribution >= 0.6 is 0 Å². The molecule has 0 aromatic heterocycles. The number of hydrogen-bond acceptors (Lipinski definition) is 4. The van der Waals surface area contributed by atoms with Crippen LogP contribution in [0.5, 0.6) is 0 Å². The van der Waals surface area contributed by atoms with E-state index in [1.807, 2.05) is 18.2 Å². The van der Waals surface area contributed by atoms with E-state index < -0.39 is 10.1 Å². The average molecular weight is 325 g/mol. The number of nitrogens with zero attached hydrogens (tertiary/aromatic N) is 3. The van der Waals surface area contributed by atoms with Gasteiger partial charge in [-0.15, -0.1) is 0 Å². The molecule has 1 aromatic rings. The van der Waals surface area contributed by atoms with Gasteiger partial charge in [0.15, 0.2) is 0 Å². The lowest BCUT2D eigenvalue weighted by atomic mass is 10.1. The molecule has 122 valence electrons. The first kappa shape index (κ1) is 18.5. The van der Waals surface area contributed by atoms with Crippen LogP contribution in [-0.4, -0.2) is 21.6 Å². The smallest absolute Gasteiger partial charge is 0.270 e. The van der Waals surface area contributed by atoms with Crippen molar-refractivity contribution in [3.8, 4) is 0 Å². The second kappa shape index (κ2) is 11.1. The van der Waals surface area contributed by atoms with E-state index in [9.17, 15) is 8.42 Å². The summed E-state index contributed by atoms with van der Waals surface area (Å²) in [6, 6.07) is 9.03. The predicted octanol–water partition coefficient (Wildman–Crippen LogP) is 4.18. The number of benzene rings is 1. The lowest BCUT2D eigenvalue weighted by Gasteiger charge is -2.06. The van der Waals surface area contributed by atoms with E-state index in [0.29, 0.717) is 6.54 Å². The maximum absolute atomic E-state index is 11.8. The van der Waals surface area contributed by atoms with Crippen molar-refractivity contribution in [2.75, 3.05) is 13.2 Å². The minimum atomic E-state index is -3.49. The molecule has 1 aromatic carbocycles. The summed E-state index contributed by atoms with van der Waals surface area (Å²) in [7, 11) is -3.49. The van der Waals surface area contributed by atoms with Gasteiger partial charge in [-0.1, -0.05) is 61.1 Å². The predicted molar refractivity (Wildman–Crippen MR) is 86.7 cm³/mol. The van der Waals surface area contributed by atoms with Crippen LogP contribution in [0.3, 0.4) is 0 Å². The van der Waals surface area contributed by atoms with Gasteiger partial charge >= 0.3 is 0 Å². The summed E-state index contributed by atoms with van der Waals surface area (Å²) in [5.41, 5.74) is 8.86. The summed E-state index contributed by atoms with van der Waals surface area (Å²) in [5, 5.41) is 3.47. The molecule has 0 unspecified atom stereocenters. The molecular weight excluding hydrogens is 302 g/mol. The summed E-state index contributed by atoms with van der Waals surface area (Å²) in [6.07, 6.45) is 5.74. The zero-order valence-electron chi connectivity index (χ0n) is 12.7. The Morgan fingerprint density at radius 2 is 1.64 bits per heavy atom. The zero-order valence-corrected chi connectivity index (χ0v) is 13.5. The molecule has 0 atom stereocenters. The quantitative estimate of drug-likeness (QED) is 0.190. The summed E-state index contributed by atoms with van der Waals surface area (Å²) in [4.78, 5) is 2.70. The monoisotopic (exact) mass is 325 g/mol. The maximum Gasteiger partial charge on any atom is 0.271 e. The van der Waals surface area contributed by atoms with Gasteiger partial charge in [0.2, 0.25) is 0 Å². The highest BCUT2D eigenvalue weighted by atomic mass is 32.2. The van der Waals surface area contributed by atoms with E-state index in [4.69, 9.17) is 9.71 Å². The van der Waals surface area contributed by atoms with Crippen LogP contribution in [-0.2, 0) is 20.1 Å². The second-order valence-electron chi connectivity index (χ2n) is 5.09. The molecule has 0 heterocycles. The Morgan fingerprint density at radius 1 is 1.00 bits per heavy atom. The first-order valence-corrected chi connectivity index (χ1v) is 9.14. The average Bonchev–Trinajstić information content (AvgIpc) is 2.49. The summed E-state index contributed by atoms with van der Waals surface area (Å²) in [5.74, 6) is -0.0761. The fourth-order valence-corrected chi connectivity index (χ4v) is 3.10. The Labute approximate surface area is 132 Å². The summed E-state index contributed by atoms with van der Waals surface area (Å²) in [6.45, 7) is 0.797. The number of rotatable bonds is 12. The largest absolute Gasteiger partial charge is 0.271 e. The number of azide groups is 1. The van der Waals surface area contributed by atoms with Gasteiger partial charge in [0.05, 0.1) is 6.61 Å². The third-order valence-corrected chi connectivity index (χ3v) is 4.38. The Hall–Kier alpha value is -1.56. The van der Waals surface area contributed by atoms with E-state index in [-0.39, 0.29) is 12.4 Å². The molecule has 1 rings (SSSR count). The highest BCUT2D eigenvalue weighted by Crippen LogP contribution is 2.10. The van der Waals surface area contributed by atoms with Crippen molar-refractivity contribution in [3.05, 3.63) is 46.3 Å². The van der Waals surface area contributed by atoms with Gasteiger partial charge in [-0.2, -0.15) is 8.42 Å². The van der Waals surface area contributed by atoms with Crippen molar-refractivity contribution in [2.45, 2.75) is 44.3 Å². The Morgan fingerprint density at radius 3 is 2.32 bits per heavy atom. The summed E-state index contributed by atoms with van der Waals surface area (Å²) < 4.78 is 28.6. The normalized spacial score (nSPS) is 11.1. The van der Waals surface area contributed by atoms with Crippen molar-refractivity contribution < 1.29 is 12.6 Å². The SMILES string of the molecule is [N-]=[N+]=NCCCCCCCCOS(=O)(=O)Cc1ccccc1. The van der Waals surface area contributed by atoms with Crippen LogP contribution in [0.15, 0.2) is 35.4 Å². The molecule has 0 radical (unpaired) electrons. The number of unbranched alkanes of at least 4 members (excludes halogenated alkanes) is 5. The molecule has 22 heavy (non-hydrogen) atoms. The second-order valence-corrected chi connectivity index (χ2v) is 6.73. The van der Waals surface area contributed by atoms with Crippen molar-refractivity contribution in [1.29, 1.82) is 0 Å². The van der Waals surface area contributed by atoms with Crippen LogP contribution in [0, 0.1) is 0 Å². The van der Waals surface area contributed by atoms with Crippen LogP contribution in [0.4, 0.5) is 0 Å². The van der Waals surface area contributed by atoms with Crippen LogP contribution in [0.1, 0.15) is 44.1 Å². The third kappa shape index (κ3) is 9.39. The molecule has 0 bridgehead atoms. The van der Waals surface area contributed by atoms with Crippen molar-refractivity contribution >= 4 is 10.1 Å². The minimum Gasteiger partial charge on any atom is -0.270 e. The van der Waals surface area contributed by atoms with Crippen molar-refractivity contribution in [1.82, 2.24) is 0 Å². The van der Waals surface area contributed by atoms with E-state index in [2.05, 4.69) is 10.0 Å². The van der Waals surface area contributed by atoms with Crippen molar-refractivity contribution in [3.63, 3.8) is 0 Å². The van der Waals surface area contributed by atoms with Gasteiger partial charge in [-0.3, -0.25) is 4.18 Å². The molecular formula is C15H23N3O3S. The van der Waals surface area contributed by atoms with Gasteiger partial charge in [0.25, 0.3) is 10.1 Å². The minimum absolute atomic E-state index is 0.0761. The van der Waals surface area contributed by atoms with Crippen LogP contribution in [0.2, 0.25) is 0 Å². The van der Waals surface area contributed by atoms with E-state index in [1.54, 1.807) is 12.1 Å². The molecule has 0 saturated heterocycles. The molecule has 0 N–H and O–H groups in total. The van der Waals surface area contributed by atoms with Gasteiger partial charge < -0.3 is 0 Å². The molecule has 0 fully saturated rings. The van der Waals surface area contributed by atoms with E-state index in [0.717, 1.165) is 44.1 Å². The highest BCUT2D eigenvalue weighted by Gasteiger charge is 2.11. The molecule has 7 heteroatoms. The van der Waals surface area contributed by atoms with Crippen LogP contribution in [0.25, 0.3) is 10.4 Å². The molecule has 0 aliphatic rings.